The quantitative estimate of drug-likeness (QED) is 0.808. The molecule has 0 radical (unpaired) electrons. The van der Waals surface area contributed by atoms with E-state index >= 15 is 0 Å². The maximum Gasteiger partial charge on any atom is 0.335 e. The van der Waals surface area contributed by atoms with Crippen molar-refractivity contribution in [3.8, 4) is 0 Å². The number of carbonyl (C=O) groups is 2. The molecule has 0 aliphatic heterocycles. The smallest absolute Gasteiger partial charge is 0.335 e. The van der Waals surface area contributed by atoms with Crippen molar-refractivity contribution in [1.29, 1.82) is 0 Å². The van der Waals surface area contributed by atoms with Crippen molar-refractivity contribution in [1.82, 2.24) is 0 Å². The van der Waals surface area contributed by atoms with Crippen LogP contribution in [0.1, 0.15) is 26.3 Å². The molecule has 5 nitrogen and oxygen atoms in total. The number of aryl methyl sites for hydroxylation is 1. The van der Waals surface area contributed by atoms with Gasteiger partial charge in [0, 0.05) is 11.4 Å². The molecule has 2 aromatic rings. The molecule has 108 valence electrons. The van der Waals surface area contributed by atoms with Crippen molar-refractivity contribution >= 4 is 34.9 Å². The Bertz CT molecular complexity index is 667. The van der Waals surface area contributed by atoms with Crippen molar-refractivity contribution in [2.75, 3.05) is 5.32 Å². The minimum Gasteiger partial charge on any atom is -0.478 e. The molecule has 4 N–H and O–H groups in total. The van der Waals surface area contributed by atoms with Gasteiger partial charge in [0.05, 0.1) is 16.1 Å². The largest absolute Gasteiger partial charge is 0.478 e. The third kappa shape index (κ3) is 3.32. The van der Waals surface area contributed by atoms with Gasteiger partial charge in [-0.25, -0.2) is 4.79 Å². The second-order valence-corrected chi connectivity index (χ2v) is 4.93. The number of carboxylic acid groups (broad SMARTS) is 1. The molecule has 0 bridgehead atoms. The van der Waals surface area contributed by atoms with Gasteiger partial charge in [0.15, 0.2) is 0 Å². The highest BCUT2D eigenvalue weighted by Crippen LogP contribution is 2.24. The number of hydrogen-bond acceptors (Lipinski definition) is 3. The maximum atomic E-state index is 11.1. The fourth-order valence-corrected chi connectivity index (χ4v) is 2.21. The van der Waals surface area contributed by atoms with Crippen molar-refractivity contribution in [2.45, 2.75) is 6.92 Å². The third-order valence-corrected chi connectivity index (χ3v) is 3.29. The maximum absolute atomic E-state index is 11.1. The number of nitrogens with one attached hydrogen (secondary N) is 1. The van der Waals surface area contributed by atoms with Gasteiger partial charge < -0.3 is 16.2 Å². The number of amides is 1. The van der Waals surface area contributed by atoms with Crippen molar-refractivity contribution in [3.05, 3.63) is 58.1 Å². The van der Waals surface area contributed by atoms with Gasteiger partial charge in [-0.2, -0.15) is 0 Å². The number of primary amides is 1. The number of carbonyl (C=O) groups excluding carboxylic acids is 1. The molecule has 6 heteroatoms. The highest BCUT2D eigenvalue weighted by atomic mass is 35.5. The zero-order valence-corrected chi connectivity index (χ0v) is 11.9. The lowest BCUT2D eigenvalue weighted by Crippen LogP contribution is -2.11. The zero-order valence-electron chi connectivity index (χ0n) is 11.2. The third-order valence-electron chi connectivity index (χ3n) is 2.98. The standard InChI is InChI=1S/C15H13ClN2O3/c1-8-6-9(2-4-11(8)15(20)21)18-10-3-5-12(14(17)19)13(16)7-10/h2-7,18H,1H3,(H2,17,19)(H,20,21). The number of benzene rings is 2. The Balaban J connectivity index is 2.26. The average Bonchev–Trinajstić information content (AvgIpc) is 2.37. The molecule has 0 saturated carbocycles. The lowest BCUT2D eigenvalue weighted by atomic mass is 10.1. The van der Waals surface area contributed by atoms with Gasteiger partial charge in [-0.15, -0.1) is 0 Å². The minimum atomic E-state index is -0.965. The summed E-state index contributed by atoms with van der Waals surface area (Å²) in [4.78, 5) is 22.1. The summed E-state index contributed by atoms with van der Waals surface area (Å²) in [5.74, 6) is -1.55. The lowest BCUT2D eigenvalue weighted by molar-refractivity contribution is 0.0696. The summed E-state index contributed by atoms with van der Waals surface area (Å²) in [5.41, 5.74) is 7.73. The molecule has 0 aromatic heterocycles. The Morgan fingerprint density at radius 2 is 1.67 bits per heavy atom. The van der Waals surface area contributed by atoms with E-state index in [1.54, 1.807) is 31.2 Å². The van der Waals surface area contributed by atoms with Crippen LogP contribution in [0.4, 0.5) is 11.4 Å². The predicted octanol–water partition coefficient (Wildman–Crippen LogP) is 3.19. The van der Waals surface area contributed by atoms with Crippen LogP contribution in [0.5, 0.6) is 0 Å². The first kappa shape index (κ1) is 14.9. The summed E-state index contributed by atoms with van der Waals surface area (Å²) in [6.07, 6.45) is 0. The monoisotopic (exact) mass is 304 g/mol. The molecular formula is C15H13ClN2O3. The molecular weight excluding hydrogens is 292 g/mol. The van der Waals surface area contributed by atoms with Crippen molar-refractivity contribution < 1.29 is 14.7 Å². The first-order chi connectivity index (χ1) is 9.88. The van der Waals surface area contributed by atoms with Gasteiger partial charge in [-0.05, 0) is 48.9 Å². The summed E-state index contributed by atoms with van der Waals surface area (Å²) in [6.45, 7) is 1.72. The highest BCUT2D eigenvalue weighted by Gasteiger charge is 2.09. The van der Waals surface area contributed by atoms with Gasteiger partial charge in [-0.1, -0.05) is 11.6 Å². The van der Waals surface area contributed by atoms with Crippen LogP contribution < -0.4 is 11.1 Å². The van der Waals surface area contributed by atoms with Crippen LogP contribution in [0.25, 0.3) is 0 Å². The van der Waals surface area contributed by atoms with Gasteiger partial charge in [0.2, 0.25) is 5.91 Å². The number of aromatic carboxylic acids is 1. The Morgan fingerprint density at radius 3 is 2.14 bits per heavy atom. The van der Waals surface area contributed by atoms with E-state index in [0.717, 1.165) is 5.69 Å². The van der Waals surface area contributed by atoms with E-state index in [1.807, 2.05) is 0 Å². The van der Waals surface area contributed by atoms with Crippen LogP contribution in [0, 0.1) is 6.92 Å². The van der Waals surface area contributed by atoms with E-state index in [2.05, 4.69) is 5.32 Å². The fraction of sp³-hybridized carbons (Fsp3) is 0.0667. The van der Waals surface area contributed by atoms with E-state index in [0.29, 0.717) is 11.3 Å². The Labute approximate surface area is 126 Å². The molecule has 0 saturated heterocycles. The fourth-order valence-electron chi connectivity index (χ4n) is 1.94. The molecule has 0 spiro atoms. The van der Waals surface area contributed by atoms with E-state index in [9.17, 15) is 9.59 Å². The topological polar surface area (TPSA) is 92.4 Å². The van der Waals surface area contributed by atoms with Gasteiger partial charge in [0.1, 0.15) is 0 Å². The van der Waals surface area contributed by atoms with E-state index < -0.39 is 11.9 Å². The predicted molar refractivity (Wildman–Crippen MR) is 81.4 cm³/mol. The molecule has 0 fully saturated rings. The number of anilines is 2. The van der Waals surface area contributed by atoms with Crippen LogP contribution in [-0.2, 0) is 0 Å². The number of rotatable bonds is 4. The molecule has 0 aliphatic carbocycles. The molecule has 0 heterocycles. The molecule has 0 aliphatic rings. The van der Waals surface area contributed by atoms with Crippen LogP contribution in [0.2, 0.25) is 5.02 Å². The molecule has 1 amide bonds. The summed E-state index contributed by atoms with van der Waals surface area (Å²) in [6, 6.07) is 9.70. The molecule has 2 aromatic carbocycles. The molecule has 0 atom stereocenters. The van der Waals surface area contributed by atoms with E-state index in [1.165, 1.54) is 12.1 Å². The normalized spacial score (nSPS) is 10.2. The molecule has 2 rings (SSSR count). The SMILES string of the molecule is Cc1cc(Nc2ccc(C(N)=O)c(Cl)c2)ccc1C(=O)O. The van der Waals surface area contributed by atoms with Crippen LogP contribution >= 0.6 is 11.6 Å². The second kappa shape index (κ2) is 5.85. The van der Waals surface area contributed by atoms with Crippen LogP contribution in [-0.4, -0.2) is 17.0 Å². The average molecular weight is 305 g/mol. The van der Waals surface area contributed by atoms with Crippen LogP contribution in [0.3, 0.4) is 0 Å². The number of hydrogen-bond donors (Lipinski definition) is 3. The number of halogens is 1. The van der Waals surface area contributed by atoms with E-state index in [4.69, 9.17) is 22.4 Å². The summed E-state index contributed by atoms with van der Waals surface area (Å²) in [5, 5.41) is 12.3. The number of carboxylic acids is 1. The lowest BCUT2D eigenvalue weighted by Gasteiger charge is -2.10. The van der Waals surface area contributed by atoms with E-state index in [-0.39, 0.29) is 16.1 Å². The zero-order chi connectivity index (χ0) is 15.6. The Morgan fingerprint density at radius 1 is 1.10 bits per heavy atom. The first-order valence-electron chi connectivity index (χ1n) is 6.09. The summed E-state index contributed by atoms with van der Waals surface area (Å²) < 4.78 is 0. The van der Waals surface area contributed by atoms with Gasteiger partial charge in [0.25, 0.3) is 0 Å². The first-order valence-corrected chi connectivity index (χ1v) is 6.46. The number of nitrogens with two attached hydrogens (primary N) is 1. The highest BCUT2D eigenvalue weighted by molar-refractivity contribution is 6.34. The summed E-state index contributed by atoms with van der Waals surface area (Å²) in [7, 11) is 0. The van der Waals surface area contributed by atoms with Gasteiger partial charge >= 0.3 is 5.97 Å². The summed E-state index contributed by atoms with van der Waals surface area (Å²) >= 11 is 5.97. The molecule has 21 heavy (non-hydrogen) atoms. The molecule has 0 unspecified atom stereocenters. The van der Waals surface area contributed by atoms with Crippen molar-refractivity contribution in [3.63, 3.8) is 0 Å². The van der Waals surface area contributed by atoms with Gasteiger partial charge in [-0.3, -0.25) is 4.79 Å². The second-order valence-electron chi connectivity index (χ2n) is 4.52. The van der Waals surface area contributed by atoms with Crippen LogP contribution in [0.15, 0.2) is 36.4 Å². The Kier molecular flexibility index (Phi) is 4.14. The van der Waals surface area contributed by atoms with Crippen molar-refractivity contribution in [2.24, 2.45) is 5.73 Å². The minimum absolute atomic E-state index is 0.250. The Hall–Kier alpha value is -2.53.